The molecule has 156 valence electrons. The van der Waals surface area contributed by atoms with Gasteiger partial charge in [0.25, 0.3) is 0 Å². The molecule has 2 aromatic carbocycles. The van der Waals surface area contributed by atoms with Crippen molar-refractivity contribution in [3.63, 3.8) is 0 Å². The van der Waals surface area contributed by atoms with Crippen molar-refractivity contribution in [1.82, 2.24) is 9.97 Å². The summed E-state index contributed by atoms with van der Waals surface area (Å²) in [7, 11) is 0. The van der Waals surface area contributed by atoms with Crippen LogP contribution in [-0.2, 0) is 6.42 Å². The van der Waals surface area contributed by atoms with E-state index in [4.69, 9.17) is 4.74 Å². The number of aromatic nitrogens is 2. The molecular formula is C25H23N3O2S. The zero-order valence-electron chi connectivity index (χ0n) is 17.0. The van der Waals surface area contributed by atoms with Crippen LogP contribution in [0.1, 0.15) is 15.9 Å². The highest BCUT2D eigenvalue weighted by Crippen LogP contribution is 2.34. The smallest absolute Gasteiger partial charge is 0.170 e. The van der Waals surface area contributed by atoms with Gasteiger partial charge in [-0.05, 0) is 41.8 Å². The number of H-pyrrole nitrogens is 1. The Labute approximate surface area is 185 Å². The van der Waals surface area contributed by atoms with Crippen LogP contribution in [0, 0.1) is 5.92 Å². The van der Waals surface area contributed by atoms with Gasteiger partial charge in [0.1, 0.15) is 5.75 Å². The predicted octanol–water partition coefficient (Wildman–Crippen LogP) is 5.15. The number of nitrogens with zero attached hydrogens (tertiary/aromatic N) is 2. The van der Waals surface area contributed by atoms with Crippen molar-refractivity contribution in [2.24, 2.45) is 5.92 Å². The van der Waals surface area contributed by atoms with Gasteiger partial charge >= 0.3 is 0 Å². The van der Waals surface area contributed by atoms with Gasteiger partial charge in [0.15, 0.2) is 5.78 Å². The molecule has 0 spiro atoms. The van der Waals surface area contributed by atoms with Crippen LogP contribution < -0.4 is 9.04 Å². The number of pyridine rings is 1. The topological polar surface area (TPSA) is 58.2 Å². The van der Waals surface area contributed by atoms with Gasteiger partial charge in [-0.1, -0.05) is 30.3 Å². The number of aromatic amines is 1. The number of hydrogen-bond acceptors (Lipinski definition) is 5. The summed E-state index contributed by atoms with van der Waals surface area (Å²) in [5, 5.41) is 0.949. The first-order valence-corrected chi connectivity index (χ1v) is 11.3. The Morgan fingerprint density at radius 1 is 1.16 bits per heavy atom. The minimum Gasteiger partial charge on any atom is -0.493 e. The first kappa shape index (κ1) is 19.7. The Bertz CT molecular complexity index is 1180. The van der Waals surface area contributed by atoms with Crippen LogP contribution in [0.3, 0.4) is 0 Å². The lowest BCUT2D eigenvalue weighted by Gasteiger charge is -2.15. The van der Waals surface area contributed by atoms with E-state index in [-0.39, 0.29) is 11.7 Å². The third-order valence-electron chi connectivity index (χ3n) is 5.54. The standard InChI is InChI=1S/C25H23N3O2S/c29-25(19-16-28(31-17-19)20-7-4-11-26-14-20)23-15-27-24-13-21(8-9-22(23)24)30-12-10-18-5-2-1-3-6-18/h1-9,11,13-15,19,27H,10,12,16-17H2. The molecule has 3 heterocycles. The van der Waals surface area contributed by atoms with Gasteiger partial charge in [-0.15, -0.1) is 0 Å². The molecule has 1 saturated heterocycles. The van der Waals surface area contributed by atoms with E-state index in [0.717, 1.165) is 40.1 Å². The van der Waals surface area contributed by atoms with Gasteiger partial charge < -0.3 is 14.0 Å². The van der Waals surface area contributed by atoms with E-state index in [2.05, 4.69) is 26.4 Å². The van der Waals surface area contributed by atoms with Gasteiger partial charge in [-0.3, -0.25) is 9.78 Å². The highest BCUT2D eigenvalue weighted by molar-refractivity contribution is 8.00. The minimum atomic E-state index is -0.0361. The third-order valence-corrected chi connectivity index (χ3v) is 6.77. The Balaban J connectivity index is 1.25. The molecule has 0 amide bonds. The number of fused-ring (bicyclic) bond motifs is 1. The Morgan fingerprint density at radius 3 is 2.90 bits per heavy atom. The summed E-state index contributed by atoms with van der Waals surface area (Å²) < 4.78 is 8.09. The second kappa shape index (κ2) is 8.86. The molecule has 0 aliphatic carbocycles. The van der Waals surface area contributed by atoms with E-state index in [9.17, 15) is 4.79 Å². The maximum absolute atomic E-state index is 13.2. The second-order valence-electron chi connectivity index (χ2n) is 7.62. The van der Waals surface area contributed by atoms with Gasteiger partial charge in [-0.2, -0.15) is 0 Å². The number of anilines is 1. The summed E-state index contributed by atoms with van der Waals surface area (Å²) in [4.78, 5) is 20.6. The van der Waals surface area contributed by atoms with Gasteiger partial charge in [0.05, 0.1) is 24.4 Å². The van der Waals surface area contributed by atoms with Crippen LogP contribution in [0.2, 0.25) is 0 Å². The molecule has 1 aliphatic rings. The maximum atomic E-state index is 13.2. The Morgan fingerprint density at radius 2 is 2.06 bits per heavy atom. The lowest BCUT2D eigenvalue weighted by atomic mass is 9.98. The first-order chi connectivity index (χ1) is 15.3. The minimum absolute atomic E-state index is 0.0361. The van der Waals surface area contributed by atoms with Crippen molar-refractivity contribution < 1.29 is 9.53 Å². The molecule has 0 bridgehead atoms. The van der Waals surface area contributed by atoms with Crippen molar-refractivity contribution in [1.29, 1.82) is 0 Å². The maximum Gasteiger partial charge on any atom is 0.170 e. The highest BCUT2D eigenvalue weighted by atomic mass is 32.2. The fourth-order valence-electron chi connectivity index (χ4n) is 3.88. The Kier molecular flexibility index (Phi) is 5.63. The summed E-state index contributed by atoms with van der Waals surface area (Å²) >= 11 is 1.69. The van der Waals surface area contributed by atoms with Gasteiger partial charge in [0.2, 0.25) is 0 Å². The normalized spacial score (nSPS) is 16.0. The number of carbonyl (C=O) groups excluding carboxylic acids is 1. The zero-order valence-corrected chi connectivity index (χ0v) is 17.8. The molecule has 6 heteroatoms. The molecule has 2 aromatic heterocycles. The van der Waals surface area contributed by atoms with Crippen LogP contribution in [0.15, 0.2) is 79.3 Å². The van der Waals surface area contributed by atoms with E-state index in [1.54, 1.807) is 18.1 Å². The predicted molar refractivity (Wildman–Crippen MR) is 126 cm³/mol. The van der Waals surface area contributed by atoms with Crippen LogP contribution in [-0.4, -0.2) is 34.7 Å². The van der Waals surface area contributed by atoms with Crippen molar-refractivity contribution in [3.8, 4) is 5.75 Å². The fourth-order valence-corrected chi connectivity index (χ4v) is 5.03. The number of nitrogens with one attached hydrogen (secondary N) is 1. The van der Waals surface area contributed by atoms with Crippen molar-refractivity contribution in [3.05, 3.63) is 90.4 Å². The van der Waals surface area contributed by atoms with E-state index in [0.29, 0.717) is 13.2 Å². The van der Waals surface area contributed by atoms with E-state index >= 15 is 0 Å². The number of ketones is 1. The molecule has 1 unspecified atom stereocenters. The van der Waals surface area contributed by atoms with E-state index < -0.39 is 0 Å². The Hall–Kier alpha value is -3.25. The second-order valence-corrected chi connectivity index (χ2v) is 8.66. The summed E-state index contributed by atoms with van der Waals surface area (Å²) in [6, 6.07) is 20.2. The SMILES string of the molecule is O=C(c1c[nH]c2cc(OCCc3ccccc3)ccc12)C1CSN(c2cccnc2)C1. The quantitative estimate of drug-likeness (QED) is 0.325. The van der Waals surface area contributed by atoms with Crippen molar-refractivity contribution >= 4 is 34.3 Å². The average molecular weight is 430 g/mol. The number of hydrogen-bond donors (Lipinski definition) is 1. The third kappa shape index (κ3) is 4.30. The lowest BCUT2D eigenvalue weighted by Crippen LogP contribution is -2.21. The molecule has 5 rings (SSSR count). The largest absolute Gasteiger partial charge is 0.493 e. The van der Waals surface area contributed by atoms with Crippen LogP contribution in [0.5, 0.6) is 5.75 Å². The van der Waals surface area contributed by atoms with Gasteiger partial charge in [0, 0.05) is 53.6 Å². The molecule has 0 radical (unpaired) electrons. The number of ether oxygens (including phenoxy) is 1. The number of carbonyl (C=O) groups is 1. The summed E-state index contributed by atoms with van der Waals surface area (Å²) in [6.45, 7) is 1.31. The molecule has 1 aliphatic heterocycles. The van der Waals surface area contributed by atoms with Crippen molar-refractivity contribution in [2.75, 3.05) is 23.2 Å². The van der Waals surface area contributed by atoms with Crippen LogP contribution >= 0.6 is 11.9 Å². The van der Waals surface area contributed by atoms with Crippen molar-refractivity contribution in [2.45, 2.75) is 6.42 Å². The van der Waals surface area contributed by atoms with Crippen LogP contribution in [0.25, 0.3) is 10.9 Å². The number of Topliss-reactive ketones (excluding diaryl/α,β-unsaturated/α-hetero) is 1. The summed E-state index contributed by atoms with van der Waals surface area (Å²) in [5.41, 5.74) is 3.98. The molecule has 1 fully saturated rings. The lowest BCUT2D eigenvalue weighted by molar-refractivity contribution is 0.0942. The molecule has 4 aromatic rings. The summed E-state index contributed by atoms with van der Waals surface area (Å²) in [5.74, 6) is 1.73. The average Bonchev–Trinajstić information content (AvgIpc) is 3.47. The number of rotatable bonds is 7. The van der Waals surface area contributed by atoms with Crippen LogP contribution in [0.4, 0.5) is 5.69 Å². The monoisotopic (exact) mass is 429 g/mol. The van der Waals surface area contributed by atoms with E-state index in [1.807, 2.05) is 60.9 Å². The molecule has 0 saturated carbocycles. The zero-order chi connectivity index (χ0) is 21.0. The van der Waals surface area contributed by atoms with Gasteiger partial charge in [-0.25, -0.2) is 0 Å². The highest BCUT2D eigenvalue weighted by Gasteiger charge is 2.31. The fraction of sp³-hybridized carbons (Fsp3) is 0.200. The summed E-state index contributed by atoms with van der Waals surface area (Å²) in [6.07, 6.45) is 6.29. The first-order valence-electron chi connectivity index (χ1n) is 10.4. The molecule has 5 nitrogen and oxygen atoms in total. The van der Waals surface area contributed by atoms with E-state index in [1.165, 1.54) is 5.56 Å². The molecular weight excluding hydrogens is 406 g/mol. The molecule has 1 N–H and O–H groups in total. The number of benzene rings is 2. The molecule has 1 atom stereocenters. The molecule has 31 heavy (non-hydrogen) atoms.